The Hall–Kier alpha value is -2.11. The molecule has 0 fully saturated rings. The molecule has 1 heterocycles. The fraction of sp³-hybridized carbons (Fsp3) is 0.111. The van der Waals surface area contributed by atoms with E-state index in [0.717, 1.165) is 12.1 Å². The second kappa shape index (κ2) is 3.23. The van der Waals surface area contributed by atoms with Crippen molar-refractivity contribution in [3.8, 4) is 5.75 Å². The molecule has 15 heavy (non-hydrogen) atoms. The van der Waals surface area contributed by atoms with Crippen molar-refractivity contribution in [2.75, 3.05) is 0 Å². The Morgan fingerprint density at radius 1 is 1.53 bits per heavy atom. The second-order valence-corrected chi connectivity index (χ2v) is 2.99. The number of carboxylic acid groups (broad SMARTS) is 1. The van der Waals surface area contributed by atoms with Crippen LogP contribution in [0, 0.1) is 5.82 Å². The van der Waals surface area contributed by atoms with E-state index in [2.05, 4.69) is 10.1 Å². The predicted octanol–water partition coefficient (Wildman–Crippen LogP) is 1.05. The zero-order valence-electron chi connectivity index (χ0n) is 7.36. The van der Waals surface area contributed by atoms with Gasteiger partial charge in [0, 0.05) is 5.56 Å². The summed E-state index contributed by atoms with van der Waals surface area (Å²) in [5.41, 5.74) is 0.0992. The molecule has 0 aliphatic carbocycles. The predicted molar refractivity (Wildman–Crippen MR) is 45.9 cm³/mol. The van der Waals surface area contributed by atoms with Crippen LogP contribution in [0.3, 0.4) is 0 Å². The SMILES string of the molecule is O=C1NC(C(=O)O)c2cc(F)ccc2O1. The van der Waals surface area contributed by atoms with Gasteiger partial charge in [-0.1, -0.05) is 0 Å². The molecule has 1 unspecified atom stereocenters. The Morgan fingerprint density at radius 3 is 2.93 bits per heavy atom. The van der Waals surface area contributed by atoms with Crippen molar-refractivity contribution >= 4 is 12.1 Å². The van der Waals surface area contributed by atoms with Crippen LogP contribution in [0.2, 0.25) is 0 Å². The second-order valence-electron chi connectivity index (χ2n) is 2.99. The number of ether oxygens (including phenoxy) is 1. The summed E-state index contributed by atoms with van der Waals surface area (Å²) in [6.45, 7) is 0. The van der Waals surface area contributed by atoms with E-state index >= 15 is 0 Å². The van der Waals surface area contributed by atoms with Gasteiger partial charge in [0.2, 0.25) is 0 Å². The van der Waals surface area contributed by atoms with Crippen LogP contribution < -0.4 is 10.1 Å². The third kappa shape index (κ3) is 1.61. The number of hydrogen-bond acceptors (Lipinski definition) is 3. The fourth-order valence-electron chi connectivity index (χ4n) is 1.36. The highest BCUT2D eigenvalue weighted by atomic mass is 19.1. The Bertz CT molecular complexity index is 446. The van der Waals surface area contributed by atoms with E-state index < -0.39 is 23.9 Å². The minimum absolute atomic E-state index is 0.0625. The molecule has 1 atom stereocenters. The van der Waals surface area contributed by atoms with Gasteiger partial charge in [0.25, 0.3) is 0 Å². The van der Waals surface area contributed by atoms with Crippen molar-refractivity contribution in [1.29, 1.82) is 0 Å². The summed E-state index contributed by atoms with van der Waals surface area (Å²) in [7, 11) is 0. The van der Waals surface area contributed by atoms with Crippen LogP contribution in [0.5, 0.6) is 5.75 Å². The maximum absolute atomic E-state index is 12.9. The van der Waals surface area contributed by atoms with Gasteiger partial charge >= 0.3 is 12.1 Å². The van der Waals surface area contributed by atoms with Crippen molar-refractivity contribution in [2.45, 2.75) is 6.04 Å². The summed E-state index contributed by atoms with van der Waals surface area (Å²) in [4.78, 5) is 21.7. The van der Waals surface area contributed by atoms with Gasteiger partial charge in [0.05, 0.1) is 0 Å². The van der Waals surface area contributed by atoms with Crippen LogP contribution in [0.4, 0.5) is 9.18 Å². The van der Waals surface area contributed by atoms with Gasteiger partial charge in [-0.25, -0.2) is 14.0 Å². The number of aliphatic carboxylic acids is 1. The molecular weight excluding hydrogens is 205 g/mol. The van der Waals surface area contributed by atoms with Crippen LogP contribution in [-0.4, -0.2) is 17.2 Å². The van der Waals surface area contributed by atoms with Crippen LogP contribution in [0.1, 0.15) is 11.6 Å². The smallest absolute Gasteiger partial charge is 0.413 e. The molecule has 0 spiro atoms. The minimum Gasteiger partial charge on any atom is -0.479 e. The molecule has 1 aromatic carbocycles. The quantitative estimate of drug-likeness (QED) is 0.728. The van der Waals surface area contributed by atoms with Crippen LogP contribution in [-0.2, 0) is 4.79 Å². The number of carboxylic acids is 1. The largest absolute Gasteiger partial charge is 0.479 e. The zero-order valence-corrected chi connectivity index (χ0v) is 7.36. The number of halogens is 1. The lowest BCUT2D eigenvalue weighted by atomic mass is 10.0. The van der Waals surface area contributed by atoms with Crippen molar-refractivity contribution in [1.82, 2.24) is 5.32 Å². The molecule has 1 aromatic rings. The van der Waals surface area contributed by atoms with Gasteiger partial charge < -0.3 is 15.2 Å². The van der Waals surface area contributed by atoms with Crippen molar-refractivity contribution in [3.05, 3.63) is 29.6 Å². The molecule has 1 amide bonds. The normalized spacial score (nSPS) is 18.7. The molecule has 2 N–H and O–H groups in total. The lowest BCUT2D eigenvalue weighted by Crippen LogP contribution is -2.39. The van der Waals surface area contributed by atoms with E-state index in [-0.39, 0.29) is 11.3 Å². The first-order chi connectivity index (χ1) is 7.08. The van der Waals surface area contributed by atoms with Crippen LogP contribution in [0.15, 0.2) is 18.2 Å². The Labute approximate surface area is 83.5 Å². The monoisotopic (exact) mass is 211 g/mol. The van der Waals surface area contributed by atoms with Crippen molar-refractivity contribution in [2.24, 2.45) is 0 Å². The number of hydrogen-bond donors (Lipinski definition) is 2. The number of nitrogens with one attached hydrogen (secondary N) is 1. The third-order valence-electron chi connectivity index (χ3n) is 1.99. The average Bonchev–Trinajstić information content (AvgIpc) is 2.17. The molecule has 78 valence electrons. The summed E-state index contributed by atoms with van der Waals surface area (Å²) in [5, 5.41) is 10.9. The number of amides is 1. The molecule has 0 bridgehead atoms. The molecule has 0 radical (unpaired) electrons. The lowest BCUT2D eigenvalue weighted by molar-refractivity contribution is -0.139. The van der Waals surface area contributed by atoms with E-state index in [9.17, 15) is 14.0 Å². The molecule has 2 rings (SSSR count). The van der Waals surface area contributed by atoms with E-state index in [1.807, 2.05) is 0 Å². The van der Waals surface area contributed by atoms with E-state index in [0.29, 0.717) is 0 Å². The van der Waals surface area contributed by atoms with E-state index in [1.165, 1.54) is 6.07 Å². The standard InChI is InChI=1S/C9H6FNO4/c10-4-1-2-6-5(3-4)7(8(12)13)11-9(14)15-6/h1-3,7H,(H,11,14)(H,12,13). The van der Waals surface area contributed by atoms with E-state index in [1.54, 1.807) is 0 Å². The first kappa shape index (κ1) is 9.45. The number of fused-ring (bicyclic) bond motifs is 1. The third-order valence-corrected chi connectivity index (χ3v) is 1.99. The van der Waals surface area contributed by atoms with Crippen LogP contribution >= 0.6 is 0 Å². The zero-order chi connectivity index (χ0) is 11.0. The number of carbonyl (C=O) groups is 2. The van der Waals surface area contributed by atoms with Gasteiger partial charge in [-0.05, 0) is 18.2 Å². The van der Waals surface area contributed by atoms with Gasteiger partial charge in [-0.2, -0.15) is 0 Å². The van der Waals surface area contributed by atoms with Crippen molar-refractivity contribution < 1.29 is 23.8 Å². The maximum Gasteiger partial charge on any atom is 0.413 e. The first-order valence-corrected chi connectivity index (χ1v) is 4.08. The van der Waals surface area contributed by atoms with Crippen LogP contribution in [0.25, 0.3) is 0 Å². The summed E-state index contributed by atoms with van der Waals surface area (Å²) < 4.78 is 17.6. The molecule has 0 aromatic heterocycles. The summed E-state index contributed by atoms with van der Waals surface area (Å²) in [5.74, 6) is -1.79. The maximum atomic E-state index is 12.9. The van der Waals surface area contributed by atoms with Crippen molar-refractivity contribution in [3.63, 3.8) is 0 Å². The summed E-state index contributed by atoms with van der Waals surface area (Å²) in [6, 6.07) is 2.07. The molecule has 1 aliphatic heterocycles. The van der Waals surface area contributed by atoms with E-state index in [4.69, 9.17) is 5.11 Å². The molecule has 0 saturated carbocycles. The highest BCUT2D eigenvalue weighted by molar-refractivity contribution is 5.85. The first-order valence-electron chi connectivity index (χ1n) is 4.08. The fourth-order valence-corrected chi connectivity index (χ4v) is 1.36. The lowest BCUT2D eigenvalue weighted by Gasteiger charge is -2.22. The Balaban J connectivity index is 2.52. The number of rotatable bonds is 1. The highest BCUT2D eigenvalue weighted by Gasteiger charge is 2.31. The molecular formula is C9H6FNO4. The molecule has 0 saturated heterocycles. The average molecular weight is 211 g/mol. The Morgan fingerprint density at radius 2 is 2.27 bits per heavy atom. The minimum atomic E-state index is -1.27. The molecule has 1 aliphatic rings. The highest BCUT2D eigenvalue weighted by Crippen LogP contribution is 2.29. The topological polar surface area (TPSA) is 75.6 Å². The number of carbonyl (C=O) groups excluding carboxylic acids is 1. The molecule has 6 heteroatoms. The van der Waals surface area contributed by atoms with Gasteiger partial charge in [-0.3, -0.25) is 0 Å². The van der Waals surface area contributed by atoms with Gasteiger partial charge in [0.1, 0.15) is 11.6 Å². The summed E-state index contributed by atoms with van der Waals surface area (Å²) >= 11 is 0. The summed E-state index contributed by atoms with van der Waals surface area (Å²) in [6.07, 6.45) is -0.860. The van der Waals surface area contributed by atoms with Gasteiger partial charge in [-0.15, -0.1) is 0 Å². The Kier molecular flexibility index (Phi) is 2.03. The van der Waals surface area contributed by atoms with Gasteiger partial charge in [0.15, 0.2) is 6.04 Å². The molecule has 5 nitrogen and oxygen atoms in total. The number of benzene rings is 1.